The molecule has 1 saturated heterocycles. The molecule has 1 aromatic heterocycles. The Morgan fingerprint density at radius 2 is 2.57 bits per heavy atom. The van der Waals surface area contributed by atoms with Crippen molar-refractivity contribution >= 4 is 17.1 Å². The molecule has 0 bridgehead atoms. The zero-order valence-electron chi connectivity index (χ0n) is 8.03. The van der Waals surface area contributed by atoms with E-state index in [9.17, 15) is 4.79 Å². The maximum Gasteiger partial charge on any atom is 0.192 e. The molecule has 1 N–H and O–H groups in total. The Bertz CT molecular complexity index is 291. The lowest BCUT2D eigenvalue weighted by atomic mass is 10.0. The summed E-state index contributed by atoms with van der Waals surface area (Å²) in [6.07, 6.45) is 5.89. The fourth-order valence-corrected chi connectivity index (χ4v) is 2.36. The molecule has 3 nitrogen and oxygen atoms in total. The fraction of sp³-hybridized carbons (Fsp3) is 0.600. The van der Waals surface area contributed by atoms with Crippen LogP contribution in [0.3, 0.4) is 0 Å². The molecular formula is C10H14N2OS. The molecule has 0 aromatic carbocycles. The molecule has 0 spiro atoms. The number of Topliss-reactive ketones (excluding diaryl/α,β-unsaturated/α-hetero) is 1. The molecule has 1 aromatic rings. The Hall–Kier alpha value is -0.740. The molecule has 76 valence electrons. The van der Waals surface area contributed by atoms with Crippen LogP contribution >= 0.6 is 11.3 Å². The predicted molar refractivity (Wildman–Crippen MR) is 56.7 cm³/mol. The van der Waals surface area contributed by atoms with E-state index in [0.29, 0.717) is 17.5 Å². The first-order valence-corrected chi connectivity index (χ1v) is 5.90. The van der Waals surface area contributed by atoms with E-state index in [1.165, 1.54) is 24.2 Å². The van der Waals surface area contributed by atoms with Gasteiger partial charge in [-0.3, -0.25) is 4.79 Å². The van der Waals surface area contributed by atoms with Gasteiger partial charge in [-0.2, -0.15) is 0 Å². The van der Waals surface area contributed by atoms with Crippen molar-refractivity contribution in [3.05, 3.63) is 16.6 Å². The largest absolute Gasteiger partial charge is 0.314 e. The zero-order chi connectivity index (χ0) is 9.80. The first-order valence-electron chi connectivity index (χ1n) is 5.02. The Morgan fingerprint density at radius 1 is 1.64 bits per heavy atom. The summed E-state index contributed by atoms with van der Waals surface area (Å²) in [5.74, 6) is 0.180. The van der Waals surface area contributed by atoms with Crippen molar-refractivity contribution in [3.8, 4) is 0 Å². The maximum atomic E-state index is 11.7. The first-order chi connectivity index (χ1) is 6.86. The van der Waals surface area contributed by atoms with E-state index in [4.69, 9.17) is 0 Å². The highest BCUT2D eigenvalue weighted by molar-refractivity contribution is 7.11. The van der Waals surface area contributed by atoms with Gasteiger partial charge in [-0.1, -0.05) is 6.42 Å². The number of carbonyl (C=O) groups is 1. The second-order valence-electron chi connectivity index (χ2n) is 3.61. The van der Waals surface area contributed by atoms with Crippen LogP contribution in [0.25, 0.3) is 0 Å². The lowest BCUT2D eigenvalue weighted by Gasteiger charge is -2.22. The minimum Gasteiger partial charge on any atom is -0.314 e. The fourth-order valence-electron chi connectivity index (χ4n) is 1.77. The third-order valence-corrected chi connectivity index (χ3v) is 3.33. The van der Waals surface area contributed by atoms with Crippen LogP contribution in [0.15, 0.2) is 11.6 Å². The number of piperidine rings is 1. The van der Waals surface area contributed by atoms with E-state index in [-0.39, 0.29) is 5.78 Å². The number of rotatable bonds is 3. The molecule has 0 saturated carbocycles. The topological polar surface area (TPSA) is 42.0 Å². The Kier molecular flexibility index (Phi) is 3.26. The summed E-state index contributed by atoms with van der Waals surface area (Å²) in [5, 5.41) is 5.87. The summed E-state index contributed by atoms with van der Waals surface area (Å²) < 4.78 is 0. The van der Waals surface area contributed by atoms with Gasteiger partial charge in [0.05, 0.1) is 0 Å². The third-order valence-electron chi connectivity index (χ3n) is 2.52. The minimum absolute atomic E-state index is 0.180. The van der Waals surface area contributed by atoms with Gasteiger partial charge in [-0.05, 0) is 19.4 Å². The second-order valence-corrected chi connectivity index (χ2v) is 4.51. The third kappa shape index (κ3) is 2.39. The Balaban J connectivity index is 1.87. The summed E-state index contributed by atoms with van der Waals surface area (Å²) in [6, 6.07) is 0.375. The van der Waals surface area contributed by atoms with Crippen molar-refractivity contribution in [3.63, 3.8) is 0 Å². The second kappa shape index (κ2) is 4.66. The van der Waals surface area contributed by atoms with Gasteiger partial charge < -0.3 is 5.32 Å². The molecule has 1 aliphatic rings. The standard InChI is InChI=1S/C10H14N2OS/c13-9(10-12-5-6-14-10)7-8-3-1-2-4-11-8/h5-6,8,11H,1-4,7H2. The molecule has 1 unspecified atom stereocenters. The monoisotopic (exact) mass is 210 g/mol. The molecule has 0 aliphatic carbocycles. The first kappa shape index (κ1) is 9.80. The number of ketones is 1. The Morgan fingerprint density at radius 3 is 3.21 bits per heavy atom. The van der Waals surface area contributed by atoms with Gasteiger partial charge in [0.15, 0.2) is 10.8 Å². The van der Waals surface area contributed by atoms with Crippen molar-refractivity contribution in [2.45, 2.75) is 31.7 Å². The van der Waals surface area contributed by atoms with Gasteiger partial charge in [0, 0.05) is 24.0 Å². The predicted octanol–water partition coefficient (Wildman–Crippen LogP) is 1.86. The number of thiazole rings is 1. The van der Waals surface area contributed by atoms with Crippen LogP contribution in [0.1, 0.15) is 35.5 Å². The number of nitrogens with zero attached hydrogens (tertiary/aromatic N) is 1. The number of aromatic nitrogens is 1. The molecule has 2 heterocycles. The summed E-state index contributed by atoms with van der Waals surface area (Å²) in [6.45, 7) is 1.05. The van der Waals surface area contributed by atoms with Crippen molar-refractivity contribution in [2.24, 2.45) is 0 Å². The number of nitrogens with one attached hydrogen (secondary N) is 1. The molecule has 14 heavy (non-hydrogen) atoms. The average molecular weight is 210 g/mol. The molecule has 4 heteroatoms. The van der Waals surface area contributed by atoms with Gasteiger partial charge in [-0.15, -0.1) is 11.3 Å². The molecule has 2 rings (SSSR count). The van der Waals surface area contributed by atoms with Crippen molar-refractivity contribution < 1.29 is 4.79 Å². The van der Waals surface area contributed by atoms with Crippen molar-refractivity contribution in [1.82, 2.24) is 10.3 Å². The van der Waals surface area contributed by atoms with E-state index in [1.54, 1.807) is 6.20 Å². The highest BCUT2D eigenvalue weighted by Gasteiger charge is 2.18. The molecule has 1 atom stereocenters. The average Bonchev–Trinajstić information content (AvgIpc) is 2.72. The van der Waals surface area contributed by atoms with Gasteiger partial charge in [0.2, 0.25) is 0 Å². The maximum absolute atomic E-state index is 11.7. The summed E-state index contributed by atoms with van der Waals surface area (Å²) in [4.78, 5) is 15.7. The molecule has 1 fully saturated rings. The quantitative estimate of drug-likeness (QED) is 0.774. The zero-order valence-corrected chi connectivity index (χ0v) is 8.85. The highest BCUT2D eigenvalue weighted by Crippen LogP contribution is 2.14. The van der Waals surface area contributed by atoms with Crippen LogP contribution < -0.4 is 5.32 Å². The van der Waals surface area contributed by atoms with Gasteiger partial charge in [0.1, 0.15) is 0 Å². The van der Waals surface area contributed by atoms with Gasteiger partial charge in [0.25, 0.3) is 0 Å². The summed E-state index contributed by atoms with van der Waals surface area (Å²) >= 11 is 1.43. The van der Waals surface area contributed by atoms with Crippen LogP contribution in [0, 0.1) is 0 Å². The molecule has 0 radical (unpaired) electrons. The van der Waals surface area contributed by atoms with Crippen LogP contribution in [0.2, 0.25) is 0 Å². The van der Waals surface area contributed by atoms with Gasteiger partial charge >= 0.3 is 0 Å². The van der Waals surface area contributed by atoms with Crippen LogP contribution in [-0.4, -0.2) is 23.4 Å². The molecule has 0 amide bonds. The van der Waals surface area contributed by atoms with Crippen molar-refractivity contribution in [1.29, 1.82) is 0 Å². The lowest BCUT2D eigenvalue weighted by molar-refractivity contribution is 0.0963. The summed E-state index contributed by atoms with van der Waals surface area (Å²) in [7, 11) is 0. The van der Waals surface area contributed by atoms with Crippen LogP contribution in [0.4, 0.5) is 0 Å². The molecular weight excluding hydrogens is 196 g/mol. The lowest BCUT2D eigenvalue weighted by Crippen LogP contribution is -2.35. The van der Waals surface area contributed by atoms with Crippen LogP contribution in [-0.2, 0) is 0 Å². The SMILES string of the molecule is O=C(CC1CCCCN1)c1nccs1. The number of carbonyl (C=O) groups excluding carboxylic acids is 1. The molecule has 1 aliphatic heterocycles. The van der Waals surface area contributed by atoms with E-state index in [0.717, 1.165) is 13.0 Å². The Labute approximate surface area is 87.6 Å². The van der Waals surface area contributed by atoms with E-state index < -0.39 is 0 Å². The normalized spacial score (nSPS) is 22.1. The minimum atomic E-state index is 0.180. The number of hydrogen-bond donors (Lipinski definition) is 1. The van der Waals surface area contributed by atoms with Crippen LogP contribution in [0.5, 0.6) is 0 Å². The summed E-state index contributed by atoms with van der Waals surface area (Å²) in [5.41, 5.74) is 0. The number of hydrogen-bond acceptors (Lipinski definition) is 4. The van der Waals surface area contributed by atoms with Crippen molar-refractivity contribution in [2.75, 3.05) is 6.54 Å². The van der Waals surface area contributed by atoms with E-state index in [1.807, 2.05) is 5.38 Å². The highest BCUT2D eigenvalue weighted by atomic mass is 32.1. The van der Waals surface area contributed by atoms with Gasteiger partial charge in [-0.25, -0.2) is 4.98 Å². The smallest absolute Gasteiger partial charge is 0.192 e. The van der Waals surface area contributed by atoms with E-state index >= 15 is 0 Å². The van der Waals surface area contributed by atoms with E-state index in [2.05, 4.69) is 10.3 Å².